The van der Waals surface area contributed by atoms with Crippen LogP contribution in [0.5, 0.6) is 0 Å². The van der Waals surface area contributed by atoms with Crippen molar-refractivity contribution in [1.29, 1.82) is 0 Å². The van der Waals surface area contributed by atoms with E-state index in [0.717, 1.165) is 0 Å². The summed E-state index contributed by atoms with van der Waals surface area (Å²) in [6, 6.07) is 0. The van der Waals surface area contributed by atoms with Gasteiger partial charge in [0.05, 0.1) is 0 Å². The first kappa shape index (κ1) is 10.3. The maximum absolute atomic E-state index is 8.55. The zero-order valence-corrected chi connectivity index (χ0v) is 7.18. The van der Waals surface area contributed by atoms with Gasteiger partial charge in [0.1, 0.15) is 0 Å². The van der Waals surface area contributed by atoms with Gasteiger partial charge in [-0.1, -0.05) is 0 Å². The Bertz CT molecular complexity index is 57.8. The molecule has 0 heterocycles. The van der Waals surface area contributed by atoms with Gasteiger partial charge in [0, 0.05) is 0 Å². The summed E-state index contributed by atoms with van der Waals surface area (Å²) in [6.45, 7) is 0. The Hall–Kier alpha value is 1.30. The van der Waals surface area contributed by atoms with E-state index >= 15 is 0 Å². The van der Waals surface area contributed by atoms with Crippen LogP contribution in [-0.4, -0.2) is 0 Å². The van der Waals surface area contributed by atoms with Crippen LogP contribution in [0, 0.1) is 35.6 Å². The second kappa shape index (κ2) is 3.33. The molecule has 0 aromatic heterocycles. The fourth-order valence-corrected chi connectivity index (χ4v) is 0. The summed E-state index contributed by atoms with van der Waals surface area (Å²) in [4.78, 5) is 25.6. The maximum atomic E-state index is 8.55. The molecule has 6 heavy (non-hydrogen) atoms. The first-order chi connectivity index (χ1) is 2.00. The van der Waals surface area contributed by atoms with E-state index in [1.54, 1.807) is 0 Å². The number of hydrogen-bond donors (Lipinski definition) is 0. The summed E-state index contributed by atoms with van der Waals surface area (Å²) in [7, 11) is -5.39. The van der Waals surface area contributed by atoms with Crippen LogP contribution >= 0.6 is 7.82 Å². The van der Waals surface area contributed by atoms with Gasteiger partial charge in [-0.25, -0.2) is 0 Å². The molecule has 0 aliphatic heterocycles. The van der Waals surface area contributed by atoms with Gasteiger partial charge in [-0.3, -0.25) is 0 Å². The molecule has 0 spiro atoms. The third kappa shape index (κ3) is 57.7. The molecule has 0 bridgehead atoms. The standard InChI is InChI=1S/La.H3O4P/c;1-5(2,3)4/h;(H3,1,2,3,4)/q+3;/p-2. The van der Waals surface area contributed by atoms with E-state index in [4.69, 9.17) is 19.2 Å². The van der Waals surface area contributed by atoms with Crippen molar-refractivity contribution in [3.8, 4) is 0 Å². The van der Waals surface area contributed by atoms with E-state index in [2.05, 4.69) is 0 Å². The molecular weight excluding hydrogens is 234 g/mol. The van der Waals surface area contributed by atoms with Crippen LogP contribution in [0.1, 0.15) is 1.43 Å². The van der Waals surface area contributed by atoms with Crippen LogP contribution in [0.15, 0.2) is 0 Å². The number of rotatable bonds is 0. The first-order valence-electron chi connectivity index (χ1n) is 0.730. The molecule has 0 rings (SSSR count). The molecule has 0 aromatic rings. The Morgan fingerprint density at radius 3 is 1.33 bits per heavy atom. The van der Waals surface area contributed by atoms with Crippen LogP contribution in [0.4, 0.5) is 0 Å². The van der Waals surface area contributed by atoms with Crippen LogP contribution in [0.2, 0.25) is 0 Å². The fourth-order valence-electron chi connectivity index (χ4n) is 0. The SMILES string of the molecule is O=P([O-])([O-])[O-].[H+].[La+3]. The van der Waals surface area contributed by atoms with Gasteiger partial charge in [-0.2, -0.15) is 7.82 Å². The zero-order valence-electron chi connectivity index (χ0n) is 3.66. The Balaban J connectivity index is -0.0000000800. The van der Waals surface area contributed by atoms with E-state index in [-0.39, 0.29) is 37.0 Å². The summed E-state index contributed by atoms with van der Waals surface area (Å²) < 4.78 is 8.55. The molecule has 0 unspecified atom stereocenters. The third-order valence-electron chi connectivity index (χ3n) is 0. The smallest absolute Gasteiger partial charge is 0.822 e. The van der Waals surface area contributed by atoms with E-state index in [1.807, 2.05) is 0 Å². The second-order valence-electron chi connectivity index (χ2n) is 0.447. The first-order valence-corrected chi connectivity index (χ1v) is 2.19. The Morgan fingerprint density at radius 2 is 1.33 bits per heavy atom. The quantitative estimate of drug-likeness (QED) is 0.427. The van der Waals surface area contributed by atoms with Gasteiger partial charge in [-0.05, 0) is 0 Å². The fraction of sp³-hybridized carbons (Fsp3) is 0. The molecule has 0 N–H and O–H groups in total. The molecule has 0 radical (unpaired) electrons. The van der Waals surface area contributed by atoms with Crippen molar-refractivity contribution >= 4 is 7.82 Å². The van der Waals surface area contributed by atoms with Crippen LogP contribution in [0.25, 0.3) is 0 Å². The van der Waals surface area contributed by atoms with Crippen molar-refractivity contribution in [1.82, 2.24) is 0 Å². The molecule has 0 saturated carbocycles. The molecule has 4 nitrogen and oxygen atoms in total. The predicted molar refractivity (Wildman–Crippen MR) is 8.72 cm³/mol. The Kier molecular flexibility index (Phi) is 5.72. The number of hydrogen-bond acceptors (Lipinski definition) is 4. The minimum absolute atomic E-state index is 0. The maximum Gasteiger partial charge on any atom is 3.00 e. The predicted octanol–water partition coefficient (Wildman–Crippen LogP) is -2.71. The summed E-state index contributed by atoms with van der Waals surface area (Å²) in [6.07, 6.45) is 0. The molecule has 6 heteroatoms. The van der Waals surface area contributed by atoms with Gasteiger partial charge in [0.15, 0.2) is 0 Å². The van der Waals surface area contributed by atoms with E-state index < -0.39 is 7.82 Å². The van der Waals surface area contributed by atoms with Crippen molar-refractivity contribution in [2.45, 2.75) is 0 Å². The topological polar surface area (TPSA) is 86.2 Å². The van der Waals surface area contributed by atoms with Gasteiger partial charge >= 0.3 is 37.0 Å². The number of phosphoric acid groups is 1. The monoisotopic (exact) mass is 235 g/mol. The molecule has 0 saturated heterocycles. The summed E-state index contributed by atoms with van der Waals surface area (Å²) in [5.74, 6) is 0. The Labute approximate surface area is 63.9 Å². The molecular formula is HLaO4P+. The van der Waals surface area contributed by atoms with Gasteiger partial charge in [0.2, 0.25) is 0 Å². The minimum atomic E-state index is -5.39. The molecule has 0 atom stereocenters. The molecule has 0 aromatic carbocycles. The normalized spacial score (nSPS) is 9.83. The molecule has 0 amide bonds. The summed E-state index contributed by atoms with van der Waals surface area (Å²) in [5, 5.41) is 0. The van der Waals surface area contributed by atoms with E-state index in [1.165, 1.54) is 0 Å². The third-order valence-corrected chi connectivity index (χ3v) is 0. The molecule has 32 valence electrons. The summed E-state index contributed by atoms with van der Waals surface area (Å²) in [5.41, 5.74) is 0. The average molecular weight is 235 g/mol. The van der Waals surface area contributed by atoms with Crippen LogP contribution in [0.3, 0.4) is 0 Å². The second-order valence-corrected chi connectivity index (χ2v) is 1.34. The van der Waals surface area contributed by atoms with Crippen molar-refractivity contribution in [3.63, 3.8) is 0 Å². The summed E-state index contributed by atoms with van der Waals surface area (Å²) >= 11 is 0. The van der Waals surface area contributed by atoms with Gasteiger partial charge in [0.25, 0.3) is 0 Å². The zero-order chi connectivity index (χ0) is 4.50. The van der Waals surface area contributed by atoms with E-state index in [0.29, 0.717) is 0 Å². The Morgan fingerprint density at radius 1 is 1.33 bits per heavy atom. The largest absolute Gasteiger partial charge is 3.00 e. The van der Waals surface area contributed by atoms with Crippen molar-refractivity contribution in [2.24, 2.45) is 0 Å². The van der Waals surface area contributed by atoms with E-state index in [9.17, 15) is 0 Å². The molecule has 0 fully saturated rings. The average Bonchev–Trinajstić information content (AvgIpc) is 0.722. The molecule has 0 aliphatic rings. The van der Waals surface area contributed by atoms with Crippen LogP contribution < -0.4 is 14.7 Å². The van der Waals surface area contributed by atoms with Gasteiger partial charge < -0.3 is 19.2 Å². The van der Waals surface area contributed by atoms with Crippen molar-refractivity contribution in [2.75, 3.05) is 0 Å². The van der Waals surface area contributed by atoms with Gasteiger partial charge in [-0.15, -0.1) is 0 Å². The molecule has 0 aliphatic carbocycles. The van der Waals surface area contributed by atoms with Crippen molar-refractivity contribution in [3.05, 3.63) is 0 Å². The van der Waals surface area contributed by atoms with Crippen LogP contribution in [-0.2, 0) is 4.57 Å². The minimum Gasteiger partial charge on any atom is -0.822 e. The van der Waals surface area contributed by atoms with Crippen molar-refractivity contribution < 1.29 is 56.3 Å².